The molecule has 0 aliphatic carbocycles. The Kier molecular flexibility index (Phi) is 4.57. The topological polar surface area (TPSA) is 41.1 Å². The average Bonchev–Trinajstić information content (AvgIpc) is 2.60. The van der Waals surface area contributed by atoms with Crippen molar-refractivity contribution < 1.29 is 4.79 Å². The van der Waals surface area contributed by atoms with Crippen molar-refractivity contribution in [1.29, 1.82) is 0 Å². The summed E-state index contributed by atoms with van der Waals surface area (Å²) < 4.78 is 0. The second-order valence-electron chi connectivity index (χ2n) is 5.64. The van der Waals surface area contributed by atoms with Crippen molar-refractivity contribution in [2.75, 3.05) is 0 Å². The summed E-state index contributed by atoms with van der Waals surface area (Å²) in [7, 11) is 0. The highest BCUT2D eigenvalue weighted by atomic mass is 16.2. The Morgan fingerprint density at radius 2 is 1.61 bits per heavy atom. The van der Waals surface area contributed by atoms with Crippen molar-refractivity contribution >= 4 is 16.8 Å². The minimum atomic E-state index is -0.158. The molecule has 0 unspecified atom stereocenters. The first-order valence-electron chi connectivity index (χ1n) is 7.79. The van der Waals surface area contributed by atoms with Crippen molar-refractivity contribution in [1.82, 2.24) is 10.6 Å². The van der Waals surface area contributed by atoms with Crippen LogP contribution >= 0.6 is 0 Å². The molecule has 3 rings (SSSR count). The van der Waals surface area contributed by atoms with E-state index in [0.29, 0.717) is 6.54 Å². The third-order valence-corrected chi connectivity index (χ3v) is 3.92. The summed E-state index contributed by atoms with van der Waals surface area (Å²) in [6, 6.07) is 24.2. The molecule has 0 heterocycles. The van der Waals surface area contributed by atoms with Crippen LogP contribution in [0.5, 0.6) is 0 Å². The maximum Gasteiger partial charge on any atom is 0.315 e. The molecular weight excluding hydrogens is 284 g/mol. The minimum Gasteiger partial charge on any atom is -0.334 e. The van der Waals surface area contributed by atoms with Gasteiger partial charge in [-0.25, -0.2) is 4.79 Å². The molecule has 3 aromatic carbocycles. The summed E-state index contributed by atoms with van der Waals surface area (Å²) in [5.41, 5.74) is 2.18. The summed E-state index contributed by atoms with van der Waals surface area (Å²) in [4.78, 5) is 12.0. The lowest BCUT2D eigenvalue weighted by Crippen LogP contribution is -2.36. The largest absolute Gasteiger partial charge is 0.334 e. The van der Waals surface area contributed by atoms with Crippen LogP contribution in [0.25, 0.3) is 10.8 Å². The number of rotatable bonds is 4. The smallest absolute Gasteiger partial charge is 0.315 e. The lowest BCUT2D eigenvalue weighted by atomic mass is 10.0. The molecule has 1 atom stereocenters. The highest BCUT2D eigenvalue weighted by molar-refractivity contribution is 5.83. The number of fused-ring (bicyclic) bond motifs is 1. The highest BCUT2D eigenvalue weighted by Crippen LogP contribution is 2.20. The van der Waals surface area contributed by atoms with Crippen LogP contribution in [-0.4, -0.2) is 6.03 Å². The average molecular weight is 304 g/mol. The molecule has 0 aliphatic heterocycles. The predicted octanol–water partition coefficient (Wildman–Crippen LogP) is 4.40. The van der Waals surface area contributed by atoms with Crippen LogP contribution in [-0.2, 0) is 6.54 Å². The molecule has 0 aliphatic rings. The van der Waals surface area contributed by atoms with Crippen LogP contribution in [0.3, 0.4) is 0 Å². The lowest BCUT2D eigenvalue weighted by Gasteiger charge is -2.16. The molecule has 0 aromatic heterocycles. The fraction of sp³-hybridized carbons (Fsp3) is 0.150. The van der Waals surface area contributed by atoms with Gasteiger partial charge in [-0.15, -0.1) is 0 Å². The van der Waals surface area contributed by atoms with E-state index in [1.807, 2.05) is 49.4 Å². The van der Waals surface area contributed by atoms with E-state index in [4.69, 9.17) is 0 Å². The van der Waals surface area contributed by atoms with Gasteiger partial charge in [0.2, 0.25) is 0 Å². The Balaban J connectivity index is 1.61. The van der Waals surface area contributed by atoms with Gasteiger partial charge in [0.05, 0.1) is 6.04 Å². The summed E-state index contributed by atoms with van der Waals surface area (Å²) in [6.45, 7) is 2.52. The standard InChI is InChI=1S/C20H20N2O/c1-15(18-12-11-17-9-5-6-10-19(17)13-18)22-20(23)21-14-16-7-3-2-4-8-16/h2-13,15H,14H2,1H3,(H2,21,22,23)/t15-/m0/s1. The Labute approximate surface area is 136 Å². The van der Waals surface area contributed by atoms with Gasteiger partial charge in [-0.2, -0.15) is 0 Å². The summed E-state index contributed by atoms with van der Waals surface area (Å²) in [5.74, 6) is 0. The van der Waals surface area contributed by atoms with E-state index >= 15 is 0 Å². The maximum atomic E-state index is 12.0. The number of carbonyl (C=O) groups excluding carboxylic acids is 1. The third-order valence-electron chi connectivity index (χ3n) is 3.92. The van der Waals surface area contributed by atoms with E-state index in [9.17, 15) is 4.79 Å². The second kappa shape index (κ2) is 6.97. The quantitative estimate of drug-likeness (QED) is 0.737. The van der Waals surface area contributed by atoms with Gasteiger partial charge in [-0.05, 0) is 34.9 Å². The van der Waals surface area contributed by atoms with Crippen LogP contribution in [0.1, 0.15) is 24.1 Å². The molecule has 0 spiro atoms. The van der Waals surface area contributed by atoms with E-state index in [2.05, 4.69) is 41.0 Å². The van der Waals surface area contributed by atoms with Crippen molar-refractivity contribution in [3.8, 4) is 0 Å². The molecule has 3 heteroatoms. The van der Waals surface area contributed by atoms with Crippen molar-refractivity contribution in [3.05, 3.63) is 83.9 Å². The van der Waals surface area contributed by atoms with E-state index in [1.54, 1.807) is 0 Å². The molecule has 0 fully saturated rings. The zero-order valence-electron chi connectivity index (χ0n) is 13.1. The first-order chi connectivity index (χ1) is 11.2. The predicted molar refractivity (Wildman–Crippen MR) is 94.2 cm³/mol. The van der Waals surface area contributed by atoms with E-state index in [1.165, 1.54) is 10.8 Å². The molecule has 0 bridgehead atoms. The molecule has 3 nitrogen and oxygen atoms in total. The van der Waals surface area contributed by atoms with E-state index in [-0.39, 0.29) is 12.1 Å². The number of hydrogen-bond donors (Lipinski definition) is 2. The molecule has 0 saturated heterocycles. The first kappa shape index (κ1) is 15.1. The Morgan fingerprint density at radius 3 is 2.39 bits per heavy atom. The Hall–Kier alpha value is -2.81. The molecule has 2 amide bonds. The fourth-order valence-electron chi connectivity index (χ4n) is 2.59. The number of hydrogen-bond acceptors (Lipinski definition) is 1. The molecule has 116 valence electrons. The van der Waals surface area contributed by atoms with Gasteiger partial charge in [-0.3, -0.25) is 0 Å². The Morgan fingerprint density at radius 1 is 0.913 bits per heavy atom. The van der Waals surface area contributed by atoms with Crippen LogP contribution in [0.2, 0.25) is 0 Å². The van der Waals surface area contributed by atoms with Crippen LogP contribution in [0, 0.1) is 0 Å². The Bertz CT molecular complexity index is 799. The second-order valence-corrected chi connectivity index (χ2v) is 5.64. The SMILES string of the molecule is C[C@H](NC(=O)NCc1ccccc1)c1ccc2ccccc2c1. The normalized spacial score (nSPS) is 11.9. The van der Waals surface area contributed by atoms with Gasteiger partial charge in [0, 0.05) is 6.54 Å². The van der Waals surface area contributed by atoms with Gasteiger partial charge in [0.25, 0.3) is 0 Å². The molecule has 0 saturated carbocycles. The zero-order chi connectivity index (χ0) is 16.1. The number of carbonyl (C=O) groups is 1. The third kappa shape index (κ3) is 3.89. The van der Waals surface area contributed by atoms with Gasteiger partial charge in [0.15, 0.2) is 0 Å². The monoisotopic (exact) mass is 304 g/mol. The zero-order valence-corrected chi connectivity index (χ0v) is 13.1. The summed E-state index contributed by atoms with van der Waals surface area (Å²) >= 11 is 0. The maximum absolute atomic E-state index is 12.0. The van der Waals surface area contributed by atoms with E-state index in [0.717, 1.165) is 11.1 Å². The van der Waals surface area contributed by atoms with Crippen molar-refractivity contribution in [2.24, 2.45) is 0 Å². The number of urea groups is 1. The summed E-state index contributed by atoms with van der Waals surface area (Å²) in [5, 5.41) is 8.26. The summed E-state index contributed by atoms with van der Waals surface area (Å²) in [6.07, 6.45) is 0. The van der Waals surface area contributed by atoms with Crippen LogP contribution in [0.4, 0.5) is 4.79 Å². The van der Waals surface area contributed by atoms with Crippen LogP contribution in [0.15, 0.2) is 72.8 Å². The van der Waals surface area contributed by atoms with Gasteiger partial charge in [-0.1, -0.05) is 66.7 Å². The fourth-order valence-corrected chi connectivity index (χ4v) is 2.59. The molecule has 2 N–H and O–H groups in total. The van der Waals surface area contributed by atoms with Crippen LogP contribution < -0.4 is 10.6 Å². The van der Waals surface area contributed by atoms with Gasteiger partial charge < -0.3 is 10.6 Å². The van der Waals surface area contributed by atoms with Crippen molar-refractivity contribution in [3.63, 3.8) is 0 Å². The minimum absolute atomic E-state index is 0.0459. The van der Waals surface area contributed by atoms with Gasteiger partial charge in [0.1, 0.15) is 0 Å². The first-order valence-corrected chi connectivity index (χ1v) is 7.79. The molecule has 3 aromatic rings. The number of amides is 2. The van der Waals surface area contributed by atoms with E-state index < -0.39 is 0 Å². The number of benzene rings is 3. The number of nitrogens with one attached hydrogen (secondary N) is 2. The lowest BCUT2D eigenvalue weighted by molar-refractivity contribution is 0.237. The highest BCUT2D eigenvalue weighted by Gasteiger charge is 2.09. The molecule has 0 radical (unpaired) electrons. The molecule has 23 heavy (non-hydrogen) atoms. The van der Waals surface area contributed by atoms with Crippen molar-refractivity contribution in [2.45, 2.75) is 19.5 Å². The van der Waals surface area contributed by atoms with Gasteiger partial charge >= 0.3 is 6.03 Å². The molecular formula is C20H20N2O.